The van der Waals surface area contributed by atoms with Crippen LogP contribution >= 0.6 is 15.9 Å². The smallest absolute Gasteiger partial charge is 0.182 e. The maximum absolute atomic E-state index is 5.46. The summed E-state index contributed by atoms with van der Waals surface area (Å²) in [5.41, 5.74) is 0. The van der Waals surface area contributed by atoms with Crippen LogP contribution in [0, 0.1) is 0 Å². The fourth-order valence-electron chi connectivity index (χ4n) is 1.35. The van der Waals surface area contributed by atoms with Crippen LogP contribution in [0.25, 0.3) is 0 Å². The lowest BCUT2D eigenvalue weighted by molar-refractivity contribution is -0.129. The molecule has 0 spiro atoms. The van der Waals surface area contributed by atoms with E-state index in [0.29, 0.717) is 19.8 Å². The molecule has 0 amide bonds. The maximum atomic E-state index is 5.46. The highest BCUT2D eigenvalue weighted by molar-refractivity contribution is 9.10. The van der Waals surface area contributed by atoms with Crippen LogP contribution < -0.4 is 5.32 Å². The van der Waals surface area contributed by atoms with Gasteiger partial charge in [-0.15, -0.1) is 0 Å². The van der Waals surface area contributed by atoms with E-state index in [4.69, 9.17) is 9.47 Å². The molecule has 0 unspecified atom stereocenters. The van der Waals surface area contributed by atoms with E-state index in [9.17, 15) is 0 Å². The predicted molar refractivity (Wildman–Crippen MR) is 58.5 cm³/mol. The SMILES string of the molecule is CC1(CNc2ncncc2Br)OCCO1. The molecule has 1 aliphatic rings. The van der Waals surface area contributed by atoms with Gasteiger partial charge in [0.25, 0.3) is 0 Å². The summed E-state index contributed by atoms with van der Waals surface area (Å²) in [5, 5.41) is 3.15. The van der Waals surface area contributed by atoms with Crippen LogP contribution in [0.3, 0.4) is 0 Å². The molecule has 0 saturated carbocycles. The summed E-state index contributed by atoms with van der Waals surface area (Å²) in [5.74, 6) is 0.190. The van der Waals surface area contributed by atoms with Crippen LogP contribution in [0.4, 0.5) is 5.82 Å². The van der Waals surface area contributed by atoms with E-state index in [1.807, 2.05) is 6.92 Å². The van der Waals surface area contributed by atoms with Crippen molar-refractivity contribution in [3.8, 4) is 0 Å². The molecule has 0 bridgehead atoms. The quantitative estimate of drug-likeness (QED) is 0.903. The molecule has 1 fully saturated rings. The molecule has 1 aromatic heterocycles. The second kappa shape index (κ2) is 4.42. The summed E-state index contributed by atoms with van der Waals surface area (Å²) < 4.78 is 11.7. The Bertz CT molecular complexity index is 342. The van der Waals surface area contributed by atoms with Gasteiger partial charge in [-0.25, -0.2) is 9.97 Å². The lowest BCUT2D eigenvalue weighted by Gasteiger charge is -2.22. The van der Waals surface area contributed by atoms with E-state index in [1.165, 1.54) is 6.33 Å². The number of nitrogens with one attached hydrogen (secondary N) is 1. The number of aromatic nitrogens is 2. The number of rotatable bonds is 3. The van der Waals surface area contributed by atoms with Gasteiger partial charge < -0.3 is 14.8 Å². The van der Waals surface area contributed by atoms with E-state index in [-0.39, 0.29) is 0 Å². The third kappa shape index (κ3) is 2.64. The topological polar surface area (TPSA) is 56.3 Å². The average molecular weight is 274 g/mol. The highest BCUT2D eigenvalue weighted by Gasteiger charge is 2.30. The van der Waals surface area contributed by atoms with Crippen LogP contribution in [0.5, 0.6) is 0 Å². The molecule has 1 aliphatic heterocycles. The van der Waals surface area contributed by atoms with Gasteiger partial charge in [-0.3, -0.25) is 0 Å². The Hall–Kier alpha value is -0.720. The van der Waals surface area contributed by atoms with Crippen LogP contribution in [0.1, 0.15) is 6.92 Å². The van der Waals surface area contributed by atoms with E-state index >= 15 is 0 Å². The number of hydrogen-bond acceptors (Lipinski definition) is 5. The molecule has 82 valence electrons. The Kier molecular flexibility index (Phi) is 3.18. The van der Waals surface area contributed by atoms with E-state index in [0.717, 1.165) is 10.3 Å². The summed E-state index contributed by atoms with van der Waals surface area (Å²) in [4.78, 5) is 7.97. The normalized spacial score (nSPS) is 19.1. The fraction of sp³-hybridized carbons (Fsp3) is 0.556. The van der Waals surface area contributed by atoms with Crippen molar-refractivity contribution in [2.75, 3.05) is 25.1 Å². The van der Waals surface area contributed by atoms with Crippen molar-refractivity contribution in [2.24, 2.45) is 0 Å². The van der Waals surface area contributed by atoms with Gasteiger partial charge in [0.2, 0.25) is 0 Å². The lowest BCUT2D eigenvalue weighted by Crippen LogP contribution is -2.34. The first-order valence-corrected chi connectivity index (χ1v) is 5.46. The summed E-state index contributed by atoms with van der Waals surface area (Å²) >= 11 is 3.35. The minimum atomic E-state index is -0.551. The Morgan fingerprint density at radius 2 is 2.27 bits per heavy atom. The minimum absolute atomic E-state index is 0.551. The zero-order valence-corrected chi connectivity index (χ0v) is 9.95. The van der Waals surface area contributed by atoms with Gasteiger partial charge in [0, 0.05) is 6.20 Å². The summed E-state index contributed by atoms with van der Waals surface area (Å²) in [7, 11) is 0. The summed E-state index contributed by atoms with van der Waals surface area (Å²) in [6.45, 7) is 3.75. The molecular weight excluding hydrogens is 262 g/mol. The van der Waals surface area contributed by atoms with Crippen LogP contribution in [0.2, 0.25) is 0 Å². The molecule has 6 heteroatoms. The van der Waals surface area contributed by atoms with Gasteiger partial charge in [-0.05, 0) is 22.9 Å². The molecule has 15 heavy (non-hydrogen) atoms. The molecule has 0 aromatic carbocycles. The number of halogens is 1. The third-order valence-electron chi connectivity index (χ3n) is 2.14. The van der Waals surface area contributed by atoms with Crippen LogP contribution in [0.15, 0.2) is 17.0 Å². The summed E-state index contributed by atoms with van der Waals surface area (Å²) in [6.07, 6.45) is 3.18. The van der Waals surface area contributed by atoms with E-state index < -0.39 is 5.79 Å². The van der Waals surface area contributed by atoms with Gasteiger partial charge in [-0.2, -0.15) is 0 Å². The number of hydrogen-bond donors (Lipinski definition) is 1. The van der Waals surface area contributed by atoms with E-state index in [1.54, 1.807) is 6.20 Å². The second-order valence-corrected chi connectivity index (χ2v) is 4.26. The zero-order chi connectivity index (χ0) is 10.7. The molecule has 2 rings (SSSR count). The monoisotopic (exact) mass is 273 g/mol. The van der Waals surface area contributed by atoms with Gasteiger partial charge in [-0.1, -0.05) is 0 Å². The largest absolute Gasteiger partial charge is 0.364 e. The van der Waals surface area contributed by atoms with E-state index in [2.05, 4.69) is 31.2 Å². The molecule has 0 radical (unpaired) electrons. The standard InChI is InChI=1S/C9H12BrN3O2/c1-9(14-2-3-15-9)5-12-8-7(10)4-11-6-13-8/h4,6H,2-3,5H2,1H3,(H,11,12,13). The predicted octanol–water partition coefficient (Wildman–Crippen LogP) is 1.41. The molecule has 1 saturated heterocycles. The van der Waals surface area contributed by atoms with Gasteiger partial charge in [0.1, 0.15) is 12.1 Å². The number of nitrogens with zero attached hydrogens (tertiary/aromatic N) is 2. The minimum Gasteiger partial charge on any atom is -0.364 e. The Balaban J connectivity index is 1.95. The number of ether oxygens (including phenoxy) is 2. The average Bonchev–Trinajstić information content (AvgIpc) is 2.65. The first-order chi connectivity index (χ1) is 7.20. The van der Waals surface area contributed by atoms with Gasteiger partial charge >= 0.3 is 0 Å². The first kappa shape index (κ1) is 10.8. The maximum Gasteiger partial charge on any atom is 0.182 e. The van der Waals surface area contributed by atoms with Crippen molar-refractivity contribution in [1.29, 1.82) is 0 Å². The Morgan fingerprint density at radius 1 is 1.53 bits per heavy atom. The van der Waals surface area contributed by atoms with Crippen molar-refractivity contribution >= 4 is 21.7 Å². The Morgan fingerprint density at radius 3 is 2.93 bits per heavy atom. The second-order valence-electron chi connectivity index (χ2n) is 3.40. The van der Waals surface area contributed by atoms with Crippen molar-refractivity contribution in [3.05, 3.63) is 17.0 Å². The Labute approximate surface area is 96.3 Å². The van der Waals surface area contributed by atoms with Gasteiger partial charge in [0.05, 0.1) is 24.2 Å². The first-order valence-electron chi connectivity index (χ1n) is 4.67. The molecule has 1 aromatic rings. The van der Waals surface area contributed by atoms with Gasteiger partial charge in [0.15, 0.2) is 5.79 Å². The van der Waals surface area contributed by atoms with Crippen molar-refractivity contribution in [2.45, 2.75) is 12.7 Å². The zero-order valence-electron chi connectivity index (χ0n) is 8.36. The molecule has 2 heterocycles. The molecular formula is C9H12BrN3O2. The van der Waals surface area contributed by atoms with Crippen molar-refractivity contribution in [1.82, 2.24) is 9.97 Å². The lowest BCUT2D eigenvalue weighted by atomic mass is 10.3. The van der Waals surface area contributed by atoms with Crippen molar-refractivity contribution < 1.29 is 9.47 Å². The summed E-state index contributed by atoms with van der Waals surface area (Å²) in [6, 6.07) is 0. The highest BCUT2D eigenvalue weighted by Crippen LogP contribution is 2.21. The molecule has 1 N–H and O–H groups in total. The molecule has 0 aliphatic carbocycles. The van der Waals surface area contributed by atoms with Crippen LogP contribution in [-0.4, -0.2) is 35.5 Å². The van der Waals surface area contributed by atoms with Crippen molar-refractivity contribution in [3.63, 3.8) is 0 Å². The highest BCUT2D eigenvalue weighted by atomic mass is 79.9. The molecule has 5 nitrogen and oxygen atoms in total. The third-order valence-corrected chi connectivity index (χ3v) is 2.72. The fourth-order valence-corrected chi connectivity index (χ4v) is 1.71. The van der Waals surface area contributed by atoms with Crippen LogP contribution in [-0.2, 0) is 9.47 Å². The molecule has 0 atom stereocenters. The number of anilines is 1.